The van der Waals surface area contributed by atoms with Gasteiger partial charge < -0.3 is 26.6 Å². The Labute approximate surface area is 274 Å². The zero-order chi connectivity index (χ0) is 36.0. The Kier molecular flexibility index (Phi) is 9.81. The molecule has 1 aromatic heterocycles. The van der Waals surface area contributed by atoms with E-state index in [0.717, 1.165) is 0 Å². The molecule has 0 amide bonds. The molecule has 0 atom stereocenters. The summed E-state index contributed by atoms with van der Waals surface area (Å²) in [7, 11) is -20.9. The maximum absolute atomic E-state index is 12.4. The molecule has 22 nitrogen and oxygen atoms in total. The highest BCUT2D eigenvalue weighted by molar-refractivity contribution is 7.87. The summed E-state index contributed by atoms with van der Waals surface area (Å²) in [6, 6.07) is 2.57. The lowest BCUT2D eigenvalue weighted by atomic mass is 10.1. The molecule has 3 aromatic carbocycles. The lowest BCUT2D eigenvalue weighted by molar-refractivity contribution is 0.310. The molecule has 4 aromatic rings. The monoisotopic (exact) mass is 770 g/mol. The molecule has 0 aliphatic heterocycles. The first-order chi connectivity index (χ1) is 22.0. The minimum atomic E-state index is -5.36. The van der Waals surface area contributed by atoms with Crippen molar-refractivity contribution in [2.45, 2.75) is 19.6 Å². The van der Waals surface area contributed by atoms with E-state index in [4.69, 9.17) is 22.4 Å². The minimum Gasteiger partial charge on any atom is -0.507 e. The molecule has 4 rings (SSSR count). The number of phenolic OH excluding ortho intramolecular Hbond substituents is 1. The third-order valence-corrected chi connectivity index (χ3v) is 9.54. The summed E-state index contributed by atoms with van der Waals surface area (Å²) in [6.07, 6.45) is 0. The Balaban J connectivity index is 2.00. The molecular formula is C21H19ClN8O14S4. The number of azo groups is 1. The van der Waals surface area contributed by atoms with E-state index in [1.807, 2.05) is 0 Å². The highest BCUT2D eigenvalue weighted by Crippen LogP contribution is 2.44. The number of aliphatic hydroxyl groups excluding tert-OH is 1. The molecule has 27 heteroatoms. The molecule has 0 aliphatic carbocycles. The standard InChI is InChI=1S/C21H19ClN8O14S4/c22-19-26-20(24-1-2-31)28-21(27-19)25-10-6-14(47(39,40)41)11(7-13(10)46(36,37)38)29-30-18-16-8(4-15(17(18)23)48(42,43)44)3-9(5-12(16)32)45(33,34)35/h3-7,31-32H,1-2,23H2,(H,33,34,35)(H,36,37,38)(H,39,40,41)(H,42,43,44)(H2,24,25,26,27,28). The van der Waals surface area contributed by atoms with E-state index >= 15 is 0 Å². The molecule has 0 spiro atoms. The maximum atomic E-state index is 12.4. The van der Waals surface area contributed by atoms with Gasteiger partial charge in [0.25, 0.3) is 40.5 Å². The largest absolute Gasteiger partial charge is 0.507 e. The van der Waals surface area contributed by atoms with Gasteiger partial charge in [0.2, 0.25) is 17.2 Å². The molecule has 0 bridgehead atoms. The molecule has 0 saturated heterocycles. The molecule has 10 N–H and O–H groups in total. The van der Waals surface area contributed by atoms with E-state index < -0.39 is 111 Å². The Morgan fingerprint density at radius 3 is 1.92 bits per heavy atom. The first-order valence-corrected chi connectivity index (χ1v) is 18.3. The van der Waals surface area contributed by atoms with Crippen LogP contribution in [0.2, 0.25) is 5.28 Å². The van der Waals surface area contributed by atoms with Crippen LogP contribution in [0.15, 0.2) is 60.1 Å². The van der Waals surface area contributed by atoms with Crippen LogP contribution in [0.4, 0.5) is 34.6 Å². The lowest BCUT2D eigenvalue weighted by Crippen LogP contribution is -2.12. The highest BCUT2D eigenvalue weighted by atomic mass is 35.5. The van der Waals surface area contributed by atoms with E-state index in [2.05, 4.69) is 35.8 Å². The van der Waals surface area contributed by atoms with Gasteiger partial charge in [-0.1, -0.05) is 0 Å². The third kappa shape index (κ3) is 8.01. The average molecular weight is 771 g/mol. The normalized spacial score (nSPS) is 12.9. The predicted molar refractivity (Wildman–Crippen MR) is 164 cm³/mol. The number of benzene rings is 3. The minimum absolute atomic E-state index is 0.0604. The lowest BCUT2D eigenvalue weighted by Gasteiger charge is -2.14. The van der Waals surface area contributed by atoms with Crippen molar-refractivity contribution in [3.05, 3.63) is 35.6 Å². The van der Waals surface area contributed by atoms with Crippen molar-refractivity contribution in [3.63, 3.8) is 0 Å². The van der Waals surface area contributed by atoms with Crippen molar-refractivity contribution < 1.29 is 62.1 Å². The Morgan fingerprint density at radius 1 is 0.750 bits per heavy atom. The molecule has 0 fully saturated rings. The number of aliphatic hydroxyl groups is 1. The van der Waals surface area contributed by atoms with Gasteiger partial charge in [-0.2, -0.15) is 48.6 Å². The summed E-state index contributed by atoms with van der Waals surface area (Å²) in [6.45, 7) is -0.422. The second-order valence-electron chi connectivity index (χ2n) is 9.12. The van der Waals surface area contributed by atoms with Crippen molar-refractivity contribution in [2.75, 3.05) is 29.5 Å². The number of nitrogens with two attached hydrogens (primary N) is 1. The second-order valence-corrected chi connectivity index (χ2v) is 15.1. The number of aromatic hydroxyl groups is 1. The number of anilines is 4. The fourth-order valence-corrected chi connectivity index (χ4v) is 6.58. The van der Waals surface area contributed by atoms with Crippen molar-refractivity contribution in [3.8, 4) is 5.75 Å². The van der Waals surface area contributed by atoms with Gasteiger partial charge in [-0.15, -0.1) is 10.2 Å². The number of fused-ring (bicyclic) bond motifs is 1. The number of hydrogen-bond donors (Lipinski definition) is 9. The van der Waals surface area contributed by atoms with Gasteiger partial charge in [-0.3, -0.25) is 18.2 Å². The number of rotatable bonds is 11. The Morgan fingerprint density at radius 2 is 1.35 bits per heavy atom. The highest BCUT2D eigenvalue weighted by Gasteiger charge is 2.27. The van der Waals surface area contributed by atoms with E-state index in [1.165, 1.54) is 0 Å². The SMILES string of the molecule is Nc1c(S(=O)(=O)O)cc2cc(S(=O)(=O)O)cc(O)c2c1N=Nc1cc(S(=O)(=O)O)c(Nc2nc(Cl)nc(NCCO)n2)cc1S(=O)(=O)O. The fraction of sp³-hybridized carbons (Fsp3) is 0.0952. The number of nitrogens with one attached hydrogen (secondary N) is 2. The summed E-state index contributed by atoms with van der Waals surface area (Å²) < 4.78 is 136. The van der Waals surface area contributed by atoms with Gasteiger partial charge in [0.05, 0.1) is 28.3 Å². The molecule has 0 saturated carbocycles. The molecule has 1 heterocycles. The van der Waals surface area contributed by atoms with E-state index in [-0.39, 0.29) is 19.1 Å². The van der Waals surface area contributed by atoms with Crippen molar-refractivity contribution in [2.24, 2.45) is 10.2 Å². The van der Waals surface area contributed by atoms with Crippen LogP contribution in [0.1, 0.15) is 0 Å². The van der Waals surface area contributed by atoms with Gasteiger partial charge in [0, 0.05) is 12.6 Å². The van der Waals surface area contributed by atoms with Crippen molar-refractivity contribution in [1.29, 1.82) is 0 Å². The maximum Gasteiger partial charge on any atom is 0.296 e. The molecule has 48 heavy (non-hydrogen) atoms. The predicted octanol–water partition coefficient (Wildman–Crippen LogP) is 1.52. The van der Waals surface area contributed by atoms with E-state index in [9.17, 15) is 57.0 Å². The average Bonchev–Trinajstić information content (AvgIpc) is 2.93. The number of aromatic nitrogens is 3. The number of halogens is 1. The smallest absolute Gasteiger partial charge is 0.296 e. The molecule has 0 unspecified atom stereocenters. The molecule has 0 radical (unpaired) electrons. The number of hydrogen-bond acceptors (Lipinski definition) is 18. The van der Waals surface area contributed by atoms with Gasteiger partial charge in [0.15, 0.2) is 0 Å². The fourth-order valence-electron chi connectivity index (χ4n) is 3.95. The zero-order valence-electron chi connectivity index (χ0n) is 23.1. The summed E-state index contributed by atoms with van der Waals surface area (Å²) in [5.41, 5.74) is 2.21. The van der Waals surface area contributed by atoms with Crippen LogP contribution < -0.4 is 16.4 Å². The first kappa shape index (κ1) is 36.5. The van der Waals surface area contributed by atoms with Gasteiger partial charge >= 0.3 is 0 Å². The Bertz CT molecular complexity index is 2460. The van der Waals surface area contributed by atoms with Crippen molar-refractivity contribution >= 4 is 97.5 Å². The first-order valence-electron chi connectivity index (χ1n) is 12.1. The quantitative estimate of drug-likeness (QED) is 0.0592. The zero-order valence-corrected chi connectivity index (χ0v) is 27.1. The summed E-state index contributed by atoms with van der Waals surface area (Å²) in [5.74, 6) is -1.76. The topological polar surface area (TPSA) is 371 Å². The summed E-state index contributed by atoms with van der Waals surface area (Å²) in [5, 5.41) is 29.9. The van der Waals surface area contributed by atoms with E-state index in [1.54, 1.807) is 0 Å². The van der Waals surface area contributed by atoms with Crippen LogP contribution in [0.25, 0.3) is 10.8 Å². The van der Waals surface area contributed by atoms with Gasteiger partial charge in [-0.05, 0) is 41.3 Å². The summed E-state index contributed by atoms with van der Waals surface area (Å²) >= 11 is 5.83. The van der Waals surface area contributed by atoms with Crippen LogP contribution in [-0.4, -0.2) is 90.2 Å². The van der Waals surface area contributed by atoms with Crippen LogP contribution in [0, 0.1) is 0 Å². The van der Waals surface area contributed by atoms with Crippen LogP contribution in [0.5, 0.6) is 5.75 Å². The number of nitrogen functional groups attached to an aromatic ring is 1. The van der Waals surface area contributed by atoms with Crippen molar-refractivity contribution in [1.82, 2.24) is 15.0 Å². The van der Waals surface area contributed by atoms with Crippen LogP contribution >= 0.6 is 11.6 Å². The van der Waals surface area contributed by atoms with Gasteiger partial charge in [-0.25, -0.2) is 0 Å². The number of nitrogens with zero attached hydrogens (tertiary/aromatic N) is 5. The Hall–Kier alpha value is -4.38. The number of phenols is 1. The molecule has 258 valence electrons. The van der Waals surface area contributed by atoms with Crippen LogP contribution in [0.3, 0.4) is 0 Å². The molecule has 0 aliphatic rings. The second kappa shape index (κ2) is 12.9. The van der Waals surface area contributed by atoms with Crippen LogP contribution in [-0.2, 0) is 40.5 Å². The summed E-state index contributed by atoms with van der Waals surface area (Å²) in [4.78, 5) is 6.85. The molecular weight excluding hydrogens is 752 g/mol. The van der Waals surface area contributed by atoms with E-state index in [0.29, 0.717) is 30.3 Å². The van der Waals surface area contributed by atoms with Gasteiger partial charge in [0.1, 0.15) is 31.8 Å². The third-order valence-electron chi connectivity index (χ3n) is 5.87.